The van der Waals surface area contributed by atoms with Crippen molar-refractivity contribution >= 4 is 11.8 Å². The highest BCUT2D eigenvalue weighted by Crippen LogP contribution is 2.28. The summed E-state index contributed by atoms with van der Waals surface area (Å²) >= 11 is 1.72. The van der Waals surface area contributed by atoms with Gasteiger partial charge in [-0.2, -0.15) is 0 Å². The first-order chi connectivity index (χ1) is 9.58. The molecular formula is C17H22N2S. The first-order valence-electron chi connectivity index (χ1n) is 7.05. The van der Waals surface area contributed by atoms with Gasteiger partial charge >= 0.3 is 0 Å². The molecule has 106 valence electrons. The second-order valence-corrected chi connectivity index (χ2v) is 6.17. The minimum atomic E-state index is 0.401. The molecule has 20 heavy (non-hydrogen) atoms. The summed E-state index contributed by atoms with van der Waals surface area (Å²) in [5, 5.41) is 4.49. The van der Waals surface area contributed by atoms with E-state index < -0.39 is 0 Å². The quantitative estimate of drug-likeness (QED) is 0.874. The van der Waals surface area contributed by atoms with E-state index in [0.29, 0.717) is 6.04 Å². The van der Waals surface area contributed by atoms with E-state index >= 15 is 0 Å². The highest BCUT2D eigenvalue weighted by molar-refractivity contribution is 7.99. The van der Waals surface area contributed by atoms with Gasteiger partial charge in [0.2, 0.25) is 0 Å². The molecule has 0 radical (unpaired) electrons. The van der Waals surface area contributed by atoms with Crippen LogP contribution in [-0.2, 0) is 0 Å². The van der Waals surface area contributed by atoms with Crippen LogP contribution in [0.25, 0.3) is 0 Å². The number of rotatable bonds is 5. The molecule has 1 unspecified atom stereocenters. The Balaban J connectivity index is 2.10. The third kappa shape index (κ3) is 4.09. The van der Waals surface area contributed by atoms with Gasteiger partial charge in [0.1, 0.15) is 5.03 Å². The monoisotopic (exact) mass is 286 g/mol. The molecule has 0 aliphatic rings. The van der Waals surface area contributed by atoms with Crippen molar-refractivity contribution in [3.8, 4) is 0 Å². The molecule has 1 N–H and O–H groups in total. The fourth-order valence-electron chi connectivity index (χ4n) is 2.23. The zero-order valence-corrected chi connectivity index (χ0v) is 13.4. The van der Waals surface area contributed by atoms with Gasteiger partial charge in [0, 0.05) is 16.6 Å². The van der Waals surface area contributed by atoms with E-state index in [-0.39, 0.29) is 0 Å². The summed E-state index contributed by atoms with van der Waals surface area (Å²) in [6.45, 7) is 9.46. The predicted molar refractivity (Wildman–Crippen MR) is 86.4 cm³/mol. The van der Waals surface area contributed by atoms with Crippen LogP contribution in [0.1, 0.15) is 36.7 Å². The summed E-state index contributed by atoms with van der Waals surface area (Å²) in [7, 11) is 0. The van der Waals surface area contributed by atoms with Crippen LogP contribution in [-0.4, -0.2) is 11.5 Å². The molecule has 3 heteroatoms. The van der Waals surface area contributed by atoms with Crippen LogP contribution in [0.15, 0.2) is 46.3 Å². The maximum Gasteiger partial charge on any atom is 0.101 e. The average Bonchev–Trinajstić information content (AvgIpc) is 2.38. The van der Waals surface area contributed by atoms with Gasteiger partial charge in [-0.25, -0.2) is 4.98 Å². The summed E-state index contributed by atoms with van der Waals surface area (Å²) in [5.74, 6) is 0. The Labute approximate surface area is 126 Å². The molecule has 0 spiro atoms. The van der Waals surface area contributed by atoms with Gasteiger partial charge in [-0.3, -0.25) is 0 Å². The van der Waals surface area contributed by atoms with Crippen LogP contribution in [0.4, 0.5) is 0 Å². The Morgan fingerprint density at radius 2 is 1.85 bits per heavy atom. The first kappa shape index (κ1) is 15.1. The Kier molecular flexibility index (Phi) is 5.21. The predicted octanol–water partition coefficient (Wildman–Crippen LogP) is 4.52. The van der Waals surface area contributed by atoms with E-state index in [1.165, 1.54) is 16.0 Å². The van der Waals surface area contributed by atoms with Gasteiger partial charge in [-0.15, -0.1) is 0 Å². The molecule has 0 bridgehead atoms. The zero-order valence-electron chi connectivity index (χ0n) is 12.6. The normalized spacial score (nSPS) is 12.4. The molecule has 1 atom stereocenters. The number of nitrogens with zero attached hydrogens (tertiary/aromatic N) is 1. The Morgan fingerprint density at radius 3 is 2.45 bits per heavy atom. The molecule has 2 aromatic rings. The van der Waals surface area contributed by atoms with Crippen molar-refractivity contribution in [3.05, 3.63) is 53.2 Å². The van der Waals surface area contributed by atoms with Crippen LogP contribution in [0.2, 0.25) is 0 Å². The molecule has 1 aromatic heterocycles. The average molecular weight is 286 g/mol. The number of benzene rings is 1. The van der Waals surface area contributed by atoms with E-state index in [9.17, 15) is 0 Å². The van der Waals surface area contributed by atoms with E-state index in [2.05, 4.69) is 67.5 Å². The van der Waals surface area contributed by atoms with Crippen LogP contribution in [0, 0.1) is 13.8 Å². The lowest BCUT2D eigenvalue weighted by Crippen LogP contribution is -2.17. The number of pyridine rings is 1. The Hall–Kier alpha value is -1.32. The van der Waals surface area contributed by atoms with Gasteiger partial charge < -0.3 is 5.32 Å². The zero-order chi connectivity index (χ0) is 14.5. The topological polar surface area (TPSA) is 24.9 Å². The Bertz CT molecular complexity index is 543. The number of hydrogen-bond acceptors (Lipinski definition) is 3. The smallest absolute Gasteiger partial charge is 0.101 e. The summed E-state index contributed by atoms with van der Waals surface area (Å²) in [6.07, 6.45) is 0. The van der Waals surface area contributed by atoms with Crippen molar-refractivity contribution in [2.75, 3.05) is 6.54 Å². The second-order valence-electron chi connectivity index (χ2n) is 5.07. The molecule has 1 aromatic carbocycles. The van der Waals surface area contributed by atoms with Crippen LogP contribution in [0.3, 0.4) is 0 Å². The van der Waals surface area contributed by atoms with Crippen LogP contribution >= 0.6 is 11.8 Å². The molecule has 2 rings (SSSR count). The molecule has 2 nitrogen and oxygen atoms in total. The minimum Gasteiger partial charge on any atom is -0.310 e. The molecular weight excluding hydrogens is 264 g/mol. The molecule has 0 fully saturated rings. The minimum absolute atomic E-state index is 0.401. The van der Waals surface area contributed by atoms with E-state index in [1.54, 1.807) is 11.8 Å². The molecule has 0 amide bonds. The molecule has 1 heterocycles. The van der Waals surface area contributed by atoms with Crippen molar-refractivity contribution in [2.45, 2.75) is 43.7 Å². The van der Waals surface area contributed by atoms with Crippen molar-refractivity contribution in [1.82, 2.24) is 10.3 Å². The van der Waals surface area contributed by atoms with Gasteiger partial charge in [0.05, 0.1) is 0 Å². The van der Waals surface area contributed by atoms with E-state index in [4.69, 9.17) is 0 Å². The van der Waals surface area contributed by atoms with Gasteiger partial charge in [-0.05, 0) is 62.7 Å². The highest BCUT2D eigenvalue weighted by Gasteiger charge is 2.05. The number of aryl methyl sites for hydroxylation is 2. The highest BCUT2D eigenvalue weighted by atomic mass is 32.2. The number of aromatic nitrogens is 1. The van der Waals surface area contributed by atoms with Crippen molar-refractivity contribution < 1.29 is 0 Å². The maximum absolute atomic E-state index is 4.57. The largest absolute Gasteiger partial charge is 0.310 e. The third-order valence-corrected chi connectivity index (χ3v) is 4.11. The summed E-state index contributed by atoms with van der Waals surface area (Å²) in [6, 6.07) is 13.4. The van der Waals surface area contributed by atoms with Crippen molar-refractivity contribution in [3.63, 3.8) is 0 Å². The fourth-order valence-corrected chi connectivity index (χ4v) is 3.17. The molecule has 0 saturated heterocycles. The standard InChI is InChI=1S/C17H22N2S/c1-5-18-14(4)15-6-8-16(9-7-15)20-17-11-12(2)10-13(3)19-17/h6-11,14,18H,5H2,1-4H3. The molecule has 0 aliphatic heterocycles. The SMILES string of the molecule is CCNC(C)c1ccc(Sc2cc(C)cc(C)n2)cc1. The van der Waals surface area contributed by atoms with Crippen molar-refractivity contribution in [1.29, 1.82) is 0 Å². The van der Waals surface area contributed by atoms with Crippen LogP contribution in [0.5, 0.6) is 0 Å². The number of nitrogens with one attached hydrogen (secondary N) is 1. The number of hydrogen-bond donors (Lipinski definition) is 1. The van der Waals surface area contributed by atoms with Crippen LogP contribution < -0.4 is 5.32 Å². The second kappa shape index (κ2) is 6.91. The fraction of sp³-hybridized carbons (Fsp3) is 0.353. The lowest BCUT2D eigenvalue weighted by molar-refractivity contribution is 0.598. The van der Waals surface area contributed by atoms with Gasteiger partial charge in [-0.1, -0.05) is 30.8 Å². The molecule has 0 aliphatic carbocycles. The first-order valence-corrected chi connectivity index (χ1v) is 7.86. The van der Waals surface area contributed by atoms with E-state index in [0.717, 1.165) is 17.3 Å². The lowest BCUT2D eigenvalue weighted by atomic mass is 10.1. The van der Waals surface area contributed by atoms with Crippen molar-refractivity contribution in [2.24, 2.45) is 0 Å². The van der Waals surface area contributed by atoms with Gasteiger partial charge in [0.25, 0.3) is 0 Å². The van der Waals surface area contributed by atoms with Gasteiger partial charge in [0.15, 0.2) is 0 Å². The van der Waals surface area contributed by atoms with E-state index in [1.807, 2.05) is 6.92 Å². The lowest BCUT2D eigenvalue weighted by Gasteiger charge is -2.13. The summed E-state index contributed by atoms with van der Waals surface area (Å²) in [5.41, 5.74) is 3.66. The summed E-state index contributed by atoms with van der Waals surface area (Å²) in [4.78, 5) is 5.80. The maximum atomic E-state index is 4.57. The Morgan fingerprint density at radius 1 is 1.15 bits per heavy atom. The summed E-state index contributed by atoms with van der Waals surface area (Å²) < 4.78 is 0. The third-order valence-electron chi connectivity index (χ3n) is 3.19. The molecule has 0 saturated carbocycles.